The highest BCUT2D eigenvalue weighted by molar-refractivity contribution is 7.98. The minimum atomic E-state index is 0.918. The molecular weight excluding hydrogens is 280 g/mol. The van der Waals surface area contributed by atoms with Crippen LogP contribution in [0.1, 0.15) is 19.4 Å². The molecule has 0 bridgehead atoms. The lowest BCUT2D eigenvalue weighted by Crippen LogP contribution is -1.95. The standard InChI is InChI=1S/C14H12N4S.C2H6/c1-2-4-12(5-3-1)11-19-14-7-6-13(10-15-14)18-9-8-16-17-18;1-2/h1-10H,11H2;1-2H3. The molecule has 3 aromatic rings. The summed E-state index contributed by atoms with van der Waals surface area (Å²) >= 11 is 1.72. The Morgan fingerprint density at radius 2 is 1.86 bits per heavy atom. The molecule has 0 atom stereocenters. The highest BCUT2D eigenvalue weighted by Crippen LogP contribution is 2.21. The number of aromatic nitrogens is 4. The zero-order chi connectivity index (χ0) is 14.9. The Hall–Kier alpha value is -2.14. The first-order valence-corrected chi connectivity index (χ1v) is 7.90. The van der Waals surface area contributed by atoms with Gasteiger partial charge < -0.3 is 0 Å². The van der Waals surface area contributed by atoms with Crippen LogP contribution in [0.5, 0.6) is 0 Å². The molecule has 21 heavy (non-hydrogen) atoms. The van der Waals surface area contributed by atoms with Gasteiger partial charge in [-0.15, -0.1) is 16.9 Å². The van der Waals surface area contributed by atoms with Crippen molar-refractivity contribution in [3.8, 4) is 5.69 Å². The molecule has 0 unspecified atom stereocenters. The molecule has 0 aliphatic rings. The van der Waals surface area contributed by atoms with Gasteiger partial charge in [-0.1, -0.05) is 49.4 Å². The molecule has 0 radical (unpaired) electrons. The van der Waals surface area contributed by atoms with Crippen LogP contribution in [0.25, 0.3) is 5.69 Å². The zero-order valence-electron chi connectivity index (χ0n) is 12.2. The lowest BCUT2D eigenvalue weighted by molar-refractivity contribution is 0.796. The van der Waals surface area contributed by atoms with Crippen LogP contribution in [-0.2, 0) is 5.75 Å². The van der Waals surface area contributed by atoms with Gasteiger partial charge in [0.2, 0.25) is 0 Å². The van der Waals surface area contributed by atoms with Gasteiger partial charge in [-0.3, -0.25) is 0 Å². The highest BCUT2D eigenvalue weighted by atomic mass is 32.2. The maximum Gasteiger partial charge on any atom is 0.0964 e. The van der Waals surface area contributed by atoms with Crippen molar-refractivity contribution >= 4 is 11.8 Å². The first kappa shape index (κ1) is 15.3. The van der Waals surface area contributed by atoms with E-state index in [0.29, 0.717) is 0 Å². The molecule has 1 aromatic carbocycles. The van der Waals surface area contributed by atoms with Crippen LogP contribution < -0.4 is 0 Å². The fraction of sp³-hybridized carbons (Fsp3) is 0.188. The Morgan fingerprint density at radius 3 is 2.48 bits per heavy atom. The Morgan fingerprint density at radius 1 is 1.05 bits per heavy atom. The summed E-state index contributed by atoms with van der Waals surface area (Å²) < 4.78 is 1.69. The zero-order valence-corrected chi connectivity index (χ0v) is 13.0. The van der Waals surface area contributed by atoms with Gasteiger partial charge in [0, 0.05) is 5.75 Å². The first-order chi connectivity index (χ1) is 10.4. The van der Waals surface area contributed by atoms with Gasteiger partial charge in [0.05, 0.1) is 29.3 Å². The number of hydrogen-bond acceptors (Lipinski definition) is 4. The van der Waals surface area contributed by atoms with E-state index in [4.69, 9.17) is 0 Å². The van der Waals surface area contributed by atoms with E-state index in [2.05, 4.69) is 39.6 Å². The smallest absolute Gasteiger partial charge is 0.0964 e. The molecule has 108 valence electrons. The Bertz CT molecular complexity index is 621. The number of benzene rings is 1. The number of thioether (sulfide) groups is 1. The molecule has 0 saturated carbocycles. The predicted octanol–water partition coefficient (Wildman–Crippen LogP) is 3.98. The van der Waals surface area contributed by atoms with Crippen LogP contribution in [0.3, 0.4) is 0 Å². The molecule has 2 heterocycles. The molecule has 0 N–H and O–H groups in total. The maximum atomic E-state index is 4.42. The van der Waals surface area contributed by atoms with Crippen LogP contribution in [-0.4, -0.2) is 20.0 Å². The van der Waals surface area contributed by atoms with Gasteiger partial charge in [0.1, 0.15) is 0 Å². The quantitative estimate of drug-likeness (QED) is 0.683. The van der Waals surface area contributed by atoms with E-state index in [-0.39, 0.29) is 0 Å². The van der Waals surface area contributed by atoms with E-state index < -0.39 is 0 Å². The van der Waals surface area contributed by atoms with E-state index in [9.17, 15) is 0 Å². The molecular formula is C16H18N4S. The third kappa shape index (κ3) is 4.43. The van der Waals surface area contributed by atoms with Gasteiger partial charge in [-0.05, 0) is 17.7 Å². The minimum Gasteiger partial charge on any atom is -0.248 e. The fourth-order valence-corrected chi connectivity index (χ4v) is 2.47. The van der Waals surface area contributed by atoms with Crippen molar-refractivity contribution in [1.29, 1.82) is 0 Å². The molecule has 0 saturated heterocycles. The van der Waals surface area contributed by atoms with Gasteiger partial charge in [-0.2, -0.15) is 0 Å². The Kier molecular flexibility index (Phi) is 5.97. The monoisotopic (exact) mass is 298 g/mol. The van der Waals surface area contributed by atoms with Crippen LogP contribution in [0.4, 0.5) is 0 Å². The topological polar surface area (TPSA) is 43.6 Å². The lowest BCUT2D eigenvalue weighted by atomic mass is 10.2. The normalized spacial score (nSPS) is 9.81. The summed E-state index contributed by atoms with van der Waals surface area (Å²) in [5, 5.41) is 8.71. The molecule has 0 amide bonds. The van der Waals surface area contributed by atoms with E-state index in [1.165, 1.54) is 5.56 Å². The van der Waals surface area contributed by atoms with Crippen LogP contribution in [0.15, 0.2) is 66.1 Å². The van der Waals surface area contributed by atoms with Crippen molar-refractivity contribution in [2.75, 3.05) is 0 Å². The van der Waals surface area contributed by atoms with Crippen LogP contribution in [0, 0.1) is 0 Å². The van der Waals surface area contributed by atoms with Crippen molar-refractivity contribution in [2.24, 2.45) is 0 Å². The fourth-order valence-electron chi connectivity index (χ4n) is 1.67. The summed E-state index contributed by atoms with van der Waals surface area (Å²) in [5.41, 5.74) is 2.22. The number of pyridine rings is 1. The van der Waals surface area contributed by atoms with Gasteiger partial charge in [0.15, 0.2) is 0 Å². The van der Waals surface area contributed by atoms with Crippen LogP contribution >= 0.6 is 11.8 Å². The van der Waals surface area contributed by atoms with Gasteiger partial charge in [-0.25, -0.2) is 9.67 Å². The second kappa shape index (κ2) is 8.21. The van der Waals surface area contributed by atoms with Crippen molar-refractivity contribution in [1.82, 2.24) is 20.0 Å². The second-order valence-electron chi connectivity index (χ2n) is 3.98. The van der Waals surface area contributed by atoms with Crippen molar-refractivity contribution < 1.29 is 0 Å². The SMILES string of the molecule is CC.c1ccc(CSc2ccc(-n3ccnn3)cn2)cc1. The molecule has 0 spiro atoms. The third-order valence-corrected chi connectivity index (χ3v) is 3.65. The number of nitrogens with zero attached hydrogens (tertiary/aromatic N) is 4. The average molecular weight is 298 g/mol. The molecule has 0 aliphatic carbocycles. The third-order valence-electron chi connectivity index (χ3n) is 2.64. The van der Waals surface area contributed by atoms with Gasteiger partial charge in [0.25, 0.3) is 0 Å². The molecule has 0 fully saturated rings. The van der Waals surface area contributed by atoms with E-state index in [1.54, 1.807) is 28.8 Å². The van der Waals surface area contributed by atoms with E-state index >= 15 is 0 Å². The van der Waals surface area contributed by atoms with Crippen molar-refractivity contribution in [3.63, 3.8) is 0 Å². The molecule has 3 rings (SSSR count). The molecule has 4 nitrogen and oxygen atoms in total. The minimum absolute atomic E-state index is 0.918. The predicted molar refractivity (Wildman–Crippen MR) is 86.5 cm³/mol. The average Bonchev–Trinajstić information content (AvgIpc) is 3.11. The van der Waals surface area contributed by atoms with Crippen LogP contribution in [0.2, 0.25) is 0 Å². The maximum absolute atomic E-state index is 4.42. The largest absolute Gasteiger partial charge is 0.248 e. The lowest BCUT2D eigenvalue weighted by Gasteiger charge is -2.03. The highest BCUT2D eigenvalue weighted by Gasteiger charge is 2.00. The van der Waals surface area contributed by atoms with E-state index in [0.717, 1.165) is 16.5 Å². The first-order valence-electron chi connectivity index (χ1n) is 6.91. The summed E-state index contributed by atoms with van der Waals surface area (Å²) in [6, 6.07) is 14.4. The summed E-state index contributed by atoms with van der Waals surface area (Å²) in [7, 11) is 0. The number of rotatable bonds is 4. The second-order valence-corrected chi connectivity index (χ2v) is 4.97. The Balaban J connectivity index is 0.000000774. The van der Waals surface area contributed by atoms with E-state index in [1.807, 2.05) is 38.2 Å². The summed E-state index contributed by atoms with van der Waals surface area (Å²) in [4.78, 5) is 4.42. The molecule has 5 heteroatoms. The summed E-state index contributed by atoms with van der Waals surface area (Å²) in [6.45, 7) is 4.00. The Labute approximate surface area is 129 Å². The summed E-state index contributed by atoms with van der Waals surface area (Å²) in [5.74, 6) is 0.927. The van der Waals surface area contributed by atoms with Crippen molar-refractivity contribution in [2.45, 2.75) is 24.6 Å². The van der Waals surface area contributed by atoms with Crippen molar-refractivity contribution in [3.05, 3.63) is 66.6 Å². The number of hydrogen-bond donors (Lipinski definition) is 0. The van der Waals surface area contributed by atoms with Gasteiger partial charge >= 0.3 is 0 Å². The summed E-state index contributed by atoms with van der Waals surface area (Å²) in [6.07, 6.45) is 5.26. The molecule has 2 aromatic heterocycles. The molecule has 0 aliphatic heterocycles.